The second-order valence-corrected chi connectivity index (χ2v) is 8.99. The van der Waals surface area contributed by atoms with Crippen LogP contribution < -0.4 is 10.1 Å². The second-order valence-electron chi connectivity index (χ2n) is 6.69. The van der Waals surface area contributed by atoms with Gasteiger partial charge in [0.15, 0.2) is 0 Å². The number of hydrogen-bond acceptors (Lipinski definition) is 5. The maximum Gasteiger partial charge on any atom is 0.132 e. The Bertz CT molecular complexity index is 631. The van der Waals surface area contributed by atoms with Crippen LogP contribution in [0.15, 0.2) is 52.0 Å². The van der Waals surface area contributed by atoms with E-state index < -0.39 is 0 Å². The molecule has 0 aromatic heterocycles. The minimum absolute atomic E-state index is 0.391. The summed E-state index contributed by atoms with van der Waals surface area (Å²) in [5.74, 6) is 4.78. The van der Waals surface area contributed by atoms with Crippen molar-refractivity contribution in [3.05, 3.63) is 47.1 Å². The van der Waals surface area contributed by atoms with E-state index in [9.17, 15) is 0 Å². The molecule has 0 bridgehead atoms. The van der Waals surface area contributed by atoms with Gasteiger partial charge < -0.3 is 14.8 Å². The van der Waals surface area contributed by atoms with E-state index in [0.717, 1.165) is 49.0 Å². The zero-order valence-electron chi connectivity index (χ0n) is 19.0. The molecule has 0 fully saturated rings. The molecule has 2 unspecified atom stereocenters. The highest BCUT2D eigenvalue weighted by Crippen LogP contribution is 2.31. The van der Waals surface area contributed by atoms with E-state index in [1.807, 2.05) is 49.5 Å². The second kappa shape index (κ2) is 15.8. The number of para-hydroxylation sites is 1. The lowest BCUT2D eigenvalue weighted by atomic mass is 10.1. The van der Waals surface area contributed by atoms with Crippen LogP contribution in [0.25, 0.3) is 0 Å². The van der Waals surface area contributed by atoms with Gasteiger partial charge in [-0.15, -0.1) is 23.5 Å². The fraction of sp³-hybridized carbons (Fsp3) is 0.583. The molecule has 2 rings (SSSR count). The summed E-state index contributed by atoms with van der Waals surface area (Å²) in [6, 6.07) is 8.65. The number of nitrogens with one attached hydrogen (secondary N) is 1. The summed E-state index contributed by atoms with van der Waals surface area (Å²) in [5, 5.41) is 3.73. The van der Waals surface area contributed by atoms with E-state index in [-0.39, 0.29) is 0 Å². The predicted octanol–water partition coefficient (Wildman–Crippen LogP) is 6.76. The van der Waals surface area contributed by atoms with Crippen LogP contribution in [0.4, 0.5) is 0 Å². The molecule has 1 aliphatic heterocycles. The van der Waals surface area contributed by atoms with Gasteiger partial charge in [0.1, 0.15) is 18.1 Å². The van der Waals surface area contributed by atoms with Gasteiger partial charge in [0.25, 0.3) is 0 Å². The number of ether oxygens (including phenoxy) is 2. The normalized spacial score (nSPS) is 17.9. The van der Waals surface area contributed by atoms with Crippen molar-refractivity contribution in [2.45, 2.75) is 58.4 Å². The van der Waals surface area contributed by atoms with Gasteiger partial charge in [-0.25, -0.2) is 0 Å². The molecule has 1 aliphatic rings. The number of hydrogen-bond donors (Lipinski definition) is 1. The molecule has 1 heterocycles. The maximum absolute atomic E-state index is 6.04. The lowest BCUT2D eigenvalue weighted by molar-refractivity contribution is 0.195. The van der Waals surface area contributed by atoms with Gasteiger partial charge in [-0.2, -0.15) is 0 Å². The standard InChI is InChI=1S/C22H33NO2S2.C2H6/c1-5-7-10-20-17(3)26-16-19(14-25-20)23-13-18(6-2)15-27-22-12-9-8-11-21(22)24-4;1-2/h7-12,18-19,23H,5-6,13-16H2,1-4H3;1-2H3/b10-7-;. The summed E-state index contributed by atoms with van der Waals surface area (Å²) >= 11 is 3.79. The first-order valence-corrected chi connectivity index (χ1v) is 12.8. The van der Waals surface area contributed by atoms with E-state index >= 15 is 0 Å². The van der Waals surface area contributed by atoms with Gasteiger partial charge in [0.05, 0.1) is 13.2 Å². The Morgan fingerprint density at radius 1 is 1.31 bits per heavy atom. The van der Waals surface area contributed by atoms with Crippen molar-refractivity contribution in [1.29, 1.82) is 0 Å². The Morgan fingerprint density at radius 2 is 2.07 bits per heavy atom. The molecule has 2 atom stereocenters. The van der Waals surface area contributed by atoms with Crippen LogP contribution in [-0.4, -0.2) is 37.8 Å². The summed E-state index contributed by atoms with van der Waals surface area (Å²) in [6.45, 7) is 12.3. The first-order valence-electron chi connectivity index (χ1n) is 10.8. The summed E-state index contributed by atoms with van der Waals surface area (Å²) in [6.07, 6.45) is 6.48. The minimum Gasteiger partial charge on any atom is -0.496 e. The highest BCUT2D eigenvalue weighted by Gasteiger charge is 2.18. The van der Waals surface area contributed by atoms with Crippen molar-refractivity contribution in [2.24, 2.45) is 5.92 Å². The summed E-state index contributed by atoms with van der Waals surface area (Å²) < 4.78 is 11.5. The van der Waals surface area contributed by atoms with Crippen LogP contribution in [-0.2, 0) is 4.74 Å². The number of benzene rings is 1. The van der Waals surface area contributed by atoms with Crippen molar-refractivity contribution in [3.8, 4) is 5.75 Å². The van der Waals surface area contributed by atoms with E-state index in [0.29, 0.717) is 12.0 Å². The topological polar surface area (TPSA) is 30.5 Å². The number of thioether (sulfide) groups is 2. The largest absolute Gasteiger partial charge is 0.496 e. The van der Waals surface area contributed by atoms with Crippen LogP contribution in [0, 0.1) is 5.92 Å². The van der Waals surface area contributed by atoms with Crippen molar-refractivity contribution >= 4 is 23.5 Å². The highest BCUT2D eigenvalue weighted by molar-refractivity contribution is 8.03. The van der Waals surface area contributed by atoms with Gasteiger partial charge in [-0.1, -0.05) is 52.3 Å². The number of rotatable bonds is 10. The molecule has 1 aromatic rings. The molecule has 1 aromatic carbocycles. The molecule has 3 nitrogen and oxygen atoms in total. The van der Waals surface area contributed by atoms with Crippen LogP contribution >= 0.6 is 23.5 Å². The van der Waals surface area contributed by atoms with Crippen molar-refractivity contribution < 1.29 is 9.47 Å². The third-order valence-corrected chi connectivity index (χ3v) is 7.10. The molecule has 1 N–H and O–H groups in total. The zero-order valence-corrected chi connectivity index (χ0v) is 20.6. The molecule has 5 heteroatoms. The summed E-state index contributed by atoms with van der Waals surface area (Å²) in [4.78, 5) is 2.50. The Kier molecular flexibility index (Phi) is 14.1. The number of allylic oxidation sites excluding steroid dienone is 3. The SMILES string of the molecule is CC.CC/C=C\C1=C(C)SCC(NCC(CC)CSc2ccccc2OC)CO1. The van der Waals surface area contributed by atoms with Crippen molar-refractivity contribution in [1.82, 2.24) is 5.32 Å². The van der Waals surface area contributed by atoms with E-state index in [4.69, 9.17) is 9.47 Å². The lowest BCUT2D eigenvalue weighted by Crippen LogP contribution is -2.38. The average molecular weight is 438 g/mol. The Labute approximate surface area is 187 Å². The number of methoxy groups -OCH3 is 1. The zero-order chi connectivity index (χ0) is 21.5. The molecule has 0 radical (unpaired) electrons. The molecule has 164 valence electrons. The van der Waals surface area contributed by atoms with Crippen LogP contribution in [0.3, 0.4) is 0 Å². The Morgan fingerprint density at radius 3 is 2.76 bits per heavy atom. The third kappa shape index (κ3) is 9.54. The van der Waals surface area contributed by atoms with E-state index in [1.54, 1.807) is 7.11 Å². The van der Waals surface area contributed by atoms with Crippen LogP contribution in [0.1, 0.15) is 47.5 Å². The van der Waals surface area contributed by atoms with E-state index in [1.165, 1.54) is 9.80 Å². The molecule has 0 saturated heterocycles. The molecular weight excluding hydrogens is 398 g/mol. The van der Waals surface area contributed by atoms with Crippen molar-refractivity contribution in [2.75, 3.05) is 31.8 Å². The average Bonchev–Trinajstić information content (AvgIpc) is 2.95. The lowest BCUT2D eigenvalue weighted by Gasteiger charge is -2.21. The molecule has 0 saturated carbocycles. The smallest absolute Gasteiger partial charge is 0.132 e. The van der Waals surface area contributed by atoms with Gasteiger partial charge in [0.2, 0.25) is 0 Å². The molecule has 0 aliphatic carbocycles. The van der Waals surface area contributed by atoms with E-state index in [2.05, 4.69) is 50.4 Å². The fourth-order valence-corrected chi connectivity index (χ4v) is 4.92. The molecular formula is C24H39NO2S2. The first-order chi connectivity index (χ1) is 14.2. The minimum atomic E-state index is 0.391. The molecule has 0 spiro atoms. The third-order valence-electron chi connectivity index (χ3n) is 4.61. The Balaban J connectivity index is 0.00000204. The summed E-state index contributed by atoms with van der Waals surface area (Å²) in [7, 11) is 1.74. The quantitative estimate of drug-likeness (QED) is 0.409. The van der Waals surface area contributed by atoms with Gasteiger partial charge in [-0.05, 0) is 44.0 Å². The van der Waals surface area contributed by atoms with Crippen LogP contribution in [0.2, 0.25) is 0 Å². The predicted molar refractivity (Wildman–Crippen MR) is 131 cm³/mol. The monoisotopic (exact) mass is 437 g/mol. The Hall–Kier alpha value is -1.04. The highest BCUT2D eigenvalue weighted by atomic mass is 32.2. The van der Waals surface area contributed by atoms with Crippen LogP contribution in [0.5, 0.6) is 5.75 Å². The fourth-order valence-electron chi connectivity index (χ4n) is 2.75. The van der Waals surface area contributed by atoms with Gasteiger partial charge in [-0.3, -0.25) is 0 Å². The molecule has 0 amide bonds. The summed E-state index contributed by atoms with van der Waals surface area (Å²) in [5.41, 5.74) is 0. The first kappa shape index (κ1) is 26.0. The van der Waals surface area contributed by atoms with Gasteiger partial charge >= 0.3 is 0 Å². The maximum atomic E-state index is 6.04. The van der Waals surface area contributed by atoms with Crippen molar-refractivity contribution in [3.63, 3.8) is 0 Å². The van der Waals surface area contributed by atoms with Gasteiger partial charge in [0, 0.05) is 21.3 Å². The molecule has 29 heavy (non-hydrogen) atoms.